The van der Waals surface area contributed by atoms with Crippen LogP contribution >= 0.6 is 15.9 Å². The van der Waals surface area contributed by atoms with Crippen molar-refractivity contribution in [3.8, 4) is 73.9 Å². The van der Waals surface area contributed by atoms with Crippen molar-refractivity contribution < 1.29 is 84.2 Å². The molecule has 0 saturated carbocycles. The first-order valence-electron chi connectivity index (χ1n) is 33.3. The Hall–Kier alpha value is -11.6. The number of rotatable bonds is 9. The summed E-state index contributed by atoms with van der Waals surface area (Å²) < 4.78 is 46.1. The van der Waals surface area contributed by atoms with E-state index in [1.54, 1.807) is 73.7 Å². The van der Waals surface area contributed by atoms with Gasteiger partial charge in [-0.2, -0.15) is 0 Å². The number of ketones is 10. The summed E-state index contributed by atoms with van der Waals surface area (Å²) in [7, 11) is 5.94. The second kappa shape index (κ2) is 28.7. The number of aromatic nitrogens is 6. The molecule has 0 unspecified atom stereocenters. The molecular formula is C77H68BrN7O19. The lowest BCUT2D eigenvalue weighted by atomic mass is 9.90. The molecule has 1 fully saturated rings. The monoisotopic (exact) mass is 1470 g/mol. The number of hydrogen-bond donors (Lipinski definition) is 0. The Morgan fingerprint density at radius 2 is 0.808 bits per heavy atom. The van der Waals surface area contributed by atoms with E-state index in [-0.39, 0.29) is 80.3 Å². The molecule has 532 valence electrons. The van der Waals surface area contributed by atoms with E-state index in [2.05, 4.69) is 45.7 Å². The Balaban J connectivity index is 0.000000122. The van der Waals surface area contributed by atoms with E-state index in [1.807, 2.05) is 61.5 Å². The van der Waals surface area contributed by atoms with Gasteiger partial charge in [-0.3, -0.25) is 57.6 Å². The van der Waals surface area contributed by atoms with Gasteiger partial charge < -0.3 is 40.9 Å². The maximum atomic E-state index is 12.3. The number of benzene rings is 4. The van der Waals surface area contributed by atoms with Gasteiger partial charge in [-0.05, 0) is 68.8 Å². The normalized spacial score (nSPS) is 14.4. The summed E-state index contributed by atoms with van der Waals surface area (Å²) in [5.74, 6) is -0.860. The Morgan fingerprint density at radius 1 is 0.404 bits per heavy atom. The molecule has 0 N–H and O–H groups in total. The van der Waals surface area contributed by atoms with Crippen LogP contribution < -0.4 is 19.8 Å². The lowest BCUT2D eigenvalue weighted by Crippen LogP contribution is -2.31. The predicted octanol–water partition coefficient (Wildman–Crippen LogP) is 13.9. The highest BCUT2D eigenvalue weighted by Gasteiger charge is 2.43. The van der Waals surface area contributed by atoms with Crippen LogP contribution in [0.4, 0.5) is 0 Å². The molecule has 104 heavy (non-hydrogen) atoms. The number of pyridine rings is 1. The summed E-state index contributed by atoms with van der Waals surface area (Å²) in [5.41, 5.74) is 4.69. The van der Waals surface area contributed by atoms with Crippen molar-refractivity contribution in [3.63, 3.8) is 0 Å². The van der Waals surface area contributed by atoms with E-state index in [9.17, 15) is 52.7 Å². The molecule has 4 aromatic carbocycles. The van der Waals surface area contributed by atoms with Crippen molar-refractivity contribution in [1.29, 1.82) is 0 Å². The van der Waals surface area contributed by atoms with E-state index in [0.29, 0.717) is 125 Å². The Labute approximate surface area is 601 Å². The first-order chi connectivity index (χ1) is 49.6. The molecule has 26 nitrogen and oxygen atoms in total. The van der Waals surface area contributed by atoms with Gasteiger partial charge in [0.25, 0.3) is 40.3 Å². The largest absolute Gasteiger partial charge is 0.496 e. The highest BCUT2D eigenvalue weighted by atomic mass is 79.9. The predicted molar refractivity (Wildman–Crippen MR) is 376 cm³/mol. The van der Waals surface area contributed by atoms with Crippen LogP contribution in [-0.4, -0.2) is 127 Å². The highest BCUT2D eigenvalue weighted by molar-refractivity contribution is 9.10. The number of hydrogen-bond acceptors (Lipinski definition) is 25. The van der Waals surface area contributed by atoms with E-state index in [1.165, 1.54) is 58.3 Å². The smallest absolute Gasteiger partial charge is 0.257 e. The van der Waals surface area contributed by atoms with E-state index in [0.717, 1.165) is 13.1 Å². The van der Waals surface area contributed by atoms with Gasteiger partial charge in [-0.15, -0.1) is 0 Å². The topological polar surface area (TPSA) is 354 Å². The number of oxazole rings is 5. The van der Waals surface area contributed by atoms with Gasteiger partial charge >= 0.3 is 0 Å². The summed E-state index contributed by atoms with van der Waals surface area (Å²) in [6.07, 6.45) is 3.63. The van der Waals surface area contributed by atoms with Crippen LogP contribution in [0.1, 0.15) is 238 Å². The van der Waals surface area contributed by atoms with Gasteiger partial charge in [0.15, 0.2) is 80.8 Å². The average Bonchev–Trinajstić information content (AvgIpc) is 1.42. The van der Waals surface area contributed by atoms with Crippen molar-refractivity contribution in [3.05, 3.63) is 185 Å². The summed E-state index contributed by atoms with van der Waals surface area (Å²) in [6, 6.07) is 22.0. The van der Waals surface area contributed by atoms with E-state index in [4.69, 9.17) is 36.3 Å². The molecular weight excluding hydrogens is 1410 g/mol. The highest BCUT2D eigenvalue weighted by Crippen LogP contribution is 2.46. The number of carbonyl (C=O) groups is 10. The van der Waals surface area contributed by atoms with Crippen LogP contribution in [0, 0.1) is 6.92 Å². The lowest BCUT2D eigenvalue weighted by molar-refractivity contribution is 0.0806. The first kappa shape index (κ1) is 72.2. The summed E-state index contributed by atoms with van der Waals surface area (Å²) in [5, 5.41) is 0. The number of ether oxygens (including phenoxy) is 3. The van der Waals surface area contributed by atoms with E-state index < -0.39 is 57.8 Å². The Bertz CT molecular complexity index is 5370. The molecule has 0 atom stereocenters. The zero-order valence-corrected chi connectivity index (χ0v) is 60.4. The maximum absolute atomic E-state index is 12.3. The fourth-order valence-electron chi connectivity index (χ4n) is 12.5. The molecule has 0 spiro atoms. The molecule has 1 aliphatic heterocycles. The van der Waals surface area contributed by atoms with E-state index >= 15 is 0 Å². The van der Waals surface area contributed by atoms with Gasteiger partial charge in [-0.25, -0.2) is 24.9 Å². The molecule has 27 heteroatoms. The van der Waals surface area contributed by atoms with Gasteiger partial charge in [0.2, 0.25) is 29.0 Å². The van der Waals surface area contributed by atoms with Gasteiger partial charge in [0, 0.05) is 63.5 Å². The number of nitrogens with zero attached hydrogens (tertiary/aromatic N) is 7. The molecule has 1 saturated heterocycles. The van der Waals surface area contributed by atoms with Crippen molar-refractivity contribution in [2.75, 3.05) is 34.4 Å². The van der Waals surface area contributed by atoms with Crippen LogP contribution in [-0.2, 0) is 13.6 Å². The molecule has 0 radical (unpaired) electrons. The third kappa shape index (κ3) is 12.7. The van der Waals surface area contributed by atoms with Crippen LogP contribution in [0.15, 0.2) is 110 Å². The fraction of sp³-hybridized carbons (Fsp3) is 0.299. The zero-order chi connectivity index (χ0) is 74.8. The number of carbonyl (C=O) groups excluding carboxylic acids is 10. The number of likely N-dealkylation sites (tertiary alicyclic amines) is 1. The third-order valence-corrected chi connectivity index (χ3v) is 18.5. The minimum absolute atomic E-state index is 0.00482. The fourth-order valence-corrected chi connectivity index (χ4v) is 13.0. The molecule has 0 amide bonds. The van der Waals surface area contributed by atoms with Crippen LogP contribution in [0.3, 0.4) is 0 Å². The minimum atomic E-state index is -0.728. The van der Waals surface area contributed by atoms with Crippen LogP contribution in [0.25, 0.3) is 56.6 Å². The van der Waals surface area contributed by atoms with Gasteiger partial charge in [-0.1, -0.05) is 120 Å². The maximum Gasteiger partial charge on any atom is 0.257 e. The van der Waals surface area contributed by atoms with Crippen molar-refractivity contribution in [2.45, 2.75) is 112 Å². The molecule has 10 aromatic rings. The lowest BCUT2D eigenvalue weighted by Gasteiger charge is -2.24. The number of piperidine rings is 1. The molecule has 5 aliphatic carbocycles. The van der Waals surface area contributed by atoms with Crippen molar-refractivity contribution in [1.82, 2.24) is 34.4 Å². The zero-order valence-electron chi connectivity index (χ0n) is 58.8. The number of Topliss-reactive ketones (excluding diaryl/α,β-unsaturated/α-hetero) is 10. The molecule has 6 aromatic heterocycles. The quantitative estimate of drug-likeness (QED) is 0.121. The third-order valence-electron chi connectivity index (χ3n) is 17.9. The molecule has 16 rings (SSSR count). The first-order valence-corrected chi connectivity index (χ1v) is 34.1. The standard InChI is InChI=1S/C17H16N2O3.C15H12BrNO4.C15H14N2O4.2C15H13NO4/c20-15-11-6-2-3-7-12(11)17-14(16(15)21)18-13(22-17)10-19-8-4-1-5-9-19;1-6(2)15-17-11-13(19)12(18)9-7(16)4-5-8(20-3)10(9)14(11)21-15;1-6(2)15-16-10-12(19)13(20)11-9(14(10)21-15)7(3)5-8(18)17(11)4;1-7(2)15-16-11-13(18)12(17)10-8(14(11)20-15)5-4-6-9(10)19-3;1-7(2)15-16-11-13(18)12(17)8-5-4-6-9(19-3)10(8)14(11)20-15/h2-3,6-7H,1,4-5,8-10H2;4-6H,1-3H3;5-6H,1-4H3;2*4-7H,1-3H3. The second-order valence-corrected chi connectivity index (χ2v) is 27.1. The van der Waals surface area contributed by atoms with Gasteiger partial charge in [0.1, 0.15) is 22.9 Å². The summed E-state index contributed by atoms with van der Waals surface area (Å²) in [4.78, 5) is 157. The summed E-state index contributed by atoms with van der Waals surface area (Å²) >= 11 is 3.31. The SMILES string of the molecule is COc1ccc(Br)c2c1-c1oc(C(C)C)nc1C(=O)C2=O.COc1cccc2c1-c1oc(C(C)C)nc1C(=O)C2=O.COc1cccc2c1C(=O)C(=O)c1nc(C(C)C)oc1-2.Cc1cc(=O)n(C)c2c1-c1oc(C(C)C)nc1C(=O)C2=O.O=C1C(=O)c2nc(CN3CCCCC3)oc2-c2ccccc21. The number of halogens is 1. The second-order valence-electron chi connectivity index (χ2n) is 26.2. The van der Waals surface area contributed by atoms with Crippen LogP contribution in [0.5, 0.6) is 17.2 Å². The van der Waals surface area contributed by atoms with Crippen molar-refractivity contribution >= 4 is 73.8 Å². The molecule has 7 heterocycles. The minimum Gasteiger partial charge on any atom is -0.496 e. The Kier molecular flexibility index (Phi) is 19.9. The van der Waals surface area contributed by atoms with Gasteiger partial charge in [0.05, 0.1) is 55.7 Å². The molecule has 6 aliphatic rings. The Morgan fingerprint density at radius 3 is 1.34 bits per heavy atom. The average molecular weight is 1480 g/mol. The van der Waals surface area contributed by atoms with Crippen molar-refractivity contribution in [2.24, 2.45) is 7.05 Å². The molecule has 0 bridgehead atoms. The number of fused-ring (bicyclic) bond motifs is 15. The van der Waals surface area contributed by atoms with Crippen LogP contribution in [0.2, 0.25) is 0 Å². The summed E-state index contributed by atoms with van der Waals surface area (Å²) in [6.45, 7) is 19.6. The number of methoxy groups -OCH3 is 3. The number of aryl methyl sites for hydroxylation is 1.